The van der Waals surface area contributed by atoms with Gasteiger partial charge in [-0.2, -0.15) is 0 Å². The Morgan fingerprint density at radius 2 is 2.18 bits per heavy atom. The Hall–Kier alpha value is -1.38. The van der Waals surface area contributed by atoms with Crippen LogP contribution in [-0.4, -0.2) is 17.6 Å². The van der Waals surface area contributed by atoms with Crippen LogP contribution in [0.15, 0.2) is 24.4 Å². The molecule has 0 amide bonds. The highest BCUT2D eigenvalue weighted by Crippen LogP contribution is 2.19. The third kappa shape index (κ3) is 4.55. The standard InChI is InChI=1S/C14H21NO2/c1-4-17-14(16)13(11(2)3)9-8-12-7-5-6-10-15-12/h5-7,10-11,13H,4,8-9H2,1-3H3/t13-/m0/s1. The van der Waals surface area contributed by atoms with E-state index in [0.717, 1.165) is 18.5 Å². The van der Waals surface area contributed by atoms with Crippen LogP contribution in [0.3, 0.4) is 0 Å². The molecular formula is C14H21NO2. The van der Waals surface area contributed by atoms with Crippen molar-refractivity contribution < 1.29 is 9.53 Å². The molecule has 17 heavy (non-hydrogen) atoms. The van der Waals surface area contributed by atoms with Crippen molar-refractivity contribution in [2.24, 2.45) is 11.8 Å². The first-order valence-electron chi connectivity index (χ1n) is 6.21. The van der Waals surface area contributed by atoms with E-state index in [1.165, 1.54) is 0 Å². The highest BCUT2D eigenvalue weighted by molar-refractivity contribution is 5.72. The zero-order chi connectivity index (χ0) is 12.7. The summed E-state index contributed by atoms with van der Waals surface area (Å²) in [6.07, 6.45) is 3.40. The molecule has 1 atom stereocenters. The molecule has 0 saturated heterocycles. The molecule has 0 saturated carbocycles. The van der Waals surface area contributed by atoms with E-state index in [0.29, 0.717) is 12.5 Å². The molecule has 0 unspecified atom stereocenters. The Bertz CT molecular complexity index is 335. The topological polar surface area (TPSA) is 39.2 Å². The molecule has 3 nitrogen and oxygen atoms in total. The molecule has 0 radical (unpaired) electrons. The fourth-order valence-electron chi connectivity index (χ4n) is 1.82. The van der Waals surface area contributed by atoms with E-state index in [2.05, 4.69) is 18.8 Å². The number of esters is 1. The molecule has 1 aromatic heterocycles. The van der Waals surface area contributed by atoms with Crippen LogP contribution in [0.4, 0.5) is 0 Å². The number of aryl methyl sites for hydroxylation is 1. The summed E-state index contributed by atoms with van der Waals surface area (Å²) < 4.78 is 5.09. The van der Waals surface area contributed by atoms with E-state index in [1.807, 2.05) is 25.1 Å². The Balaban J connectivity index is 2.53. The largest absolute Gasteiger partial charge is 0.466 e. The fraction of sp³-hybridized carbons (Fsp3) is 0.571. The highest BCUT2D eigenvalue weighted by atomic mass is 16.5. The van der Waals surface area contributed by atoms with E-state index >= 15 is 0 Å². The minimum Gasteiger partial charge on any atom is -0.466 e. The molecule has 94 valence electrons. The second-order valence-electron chi connectivity index (χ2n) is 4.46. The molecule has 1 rings (SSSR count). The molecule has 0 spiro atoms. The lowest BCUT2D eigenvalue weighted by atomic mass is 9.90. The predicted octanol–water partition coefficient (Wildman–Crippen LogP) is 2.85. The van der Waals surface area contributed by atoms with Crippen LogP contribution < -0.4 is 0 Å². The number of nitrogens with zero attached hydrogens (tertiary/aromatic N) is 1. The summed E-state index contributed by atoms with van der Waals surface area (Å²) in [5.74, 6) is 0.188. The first-order valence-corrected chi connectivity index (χ1v) is 6.21. The lowest BCUT2D eigenvalue weighted by Gasteiger charge is -2.18. The normalized spacial score (nSPS) is 12.5. The smallest absolute Gasteiger partial charge is 0.309 e. The van der Waals surface area contributed by atoms with Gasteiger partial charge in [-0.1, -0.05) is 19.9 Å². The first-order chi connectivity index (χ1) is 8.15. The summed E-state index contributed by atoms with van der Waals surface area (Å²) in [4.78, 5) is 16.0. The minimum atomic E-state index is -0.0848. The molecule has 1 heterocycles. The van der Waals surface area contributed by atoms with E-state index in [4.69, 9.17) is 4.74 Å². The molecule has 0 aliphatic carbocycles. The molecule has 0 aliphatic heterocycles. The lowest BCUT2D eigenvalue weighted by molar-refractivity contribution is -0.149. The molecule has 3 heteroatoms. The van der Waals surface area contributed by atoms with Crippen molar-refractivity contribution >= 4 is 5.97 Å². The van der Waals surface area contributed by atoms with Gasteiger partial charge in [0.15, 0.2) is 0 Å². The van der Waals surface area contributed by atoms with Gasteiger partial charge < -0.3 is 4.74 Å². The Morgan fingerprint density at radius 3 is 2.71 bits per heavy atom. The maximum Gasteiger partial charge on any atom is 0.309 e. The quantitative estimate of drug-likeness (QED) is 0.712. The minimum absolute atomic E-state index is 0.0306. The van der Waals surface area contributed by atoms with Gasteiger partial charge in [0.25, 0.3) is 0 Å². The summed E-state index contributed by atoms with van der Waals surface area (Å²) in [5, 5.41) is 0. The zero-order valence-electron chi connectivity index (χ0n) is 10.8. The van der Waals surface area contributed by atoms with Crippen LogP contribution in [0.2, 0.25) is 0 Å². The Labute approximate surface area is 103 Å². The van der Waals surface area contributed by atoms with Crippen molar-refractivity contribution in [2.75, 3.05) is 6.61 Å². The van der Waals surface area contributed by atoms with Crippen LogP contribution in [0, 0.1) is 11.8 Å². The number of hydrogen-bond donors (Lipinski definition) is 0. The maximum absolute atomic E-state index is 11.8. The van der Waals surface area contributed by atoms with Crippen LogP contribution in [0.1, 0.15) is 32.9 Å². The van der Waals surface area contributed by atoms with E-state index in [9.17, 15) is 4.79 Å². The van der Waals surface area contributed by atoms with Crippen LogP contribution in [0.5, 0.6) is 0 Å². The molecule has 0 aliphatic rings. The number of carbonyl (C=O) groups is 1. The molecular weight excluding hydrogens is 214 g/mol. The van der Waals surface area contributed by atoms with Gasteiger partial charge in [-0.15, -0.1) is 0 Å². The van der Waals surface area contributed by atoms with Crippen molar-refractivity contribution in [2.45, 2.75) is 33.6 Å². The summed E-state index contributed by atoms with van der Waals surface area (Å²) in [5.41, 5.74) is 1.03. The molecule has 1 aromatic rings. The van der Waals surface area contributed by atoms with Crippen molar-refractivity contribution in [1.29, 1.82) is 0 Å². The van der Waals surface area contributed by atoms with E-state index < -0.39 is 0 Å². The molecule has 0 N–H and O–H groups in total. The van der Waals surface area contributed by atoms with Crippen LogP contribution in [-0.2, 0) is 16.0 Å². The Kier molecular flexibility index (Phi) is 5.67. The van der Waals surface area contributed by atoms with Crippen molar-refractivity contribution in [3.63, 3.8) is 0 Å². The monoisotopic (exact) mass is 235 g/mol. The number of ether oxygens (including phenoxy) is 1. The third-order valence-corrected chi connectivity index (χ3v) is 2.83. The average molecular weight is 235 g/mol. The second kappa shape index (κ2) is 7.05. The lowest BCUT2D eigenvalue weighted by Crippen LogP contribution is -2.23. The van der Waals surface area contributed by atoms with Gasteiger partial charge in [0.1, 0.15) is 0 Å². The fourth-order valence-corrected chi connectivity index (χ4v) is 1.82. The number of hydrogen-bond acceptors (Lipinski definition) is 3. The third-order valence-electron chi connectivity index (χ3n) is 2.83. The summed E-state index contributed by atoms with van der Waals surface area (Å²) >= 11 is 0. The first kappa shape index (κ1) is 13.7. The van der Waals surface area contributed by atoms with Gasteiger partial charge in [-0.05, 0) is 37.8 Å². The number of rotatable bonds is 6. The second-order valence-corrected chi connectivity index (χ2v) is 4.46. The van der Waals surface area contributed by atoms with Crippen LogP contribution >= 0.6 is 0 Å². The van der Waals surface area contributed by atoms with Gasteiger partial charge in [0.2, 0.25) is 0 Å². The maximum atomic E-state index is 11.8. The summed E-state index contributed by atoms with van der Waals surface area (Å²) in [7, 11) is 0. The van der Waals surface area contributed by atoms with Crippen molar-refractivity contribution in [3.05, 3.63) is 30.1 Å². The van der Waals surface area contributed by atoms with Gasteiger partial charge in [-0.3, -0.25) is 9.78 Å². The zero-order valence-corrected chi connectivity index (χ0v) is 10.8. The average Bonchev–Trinajstić information content (AvgIpc) is 2.30. The summed E-state index contributed by atoms with van der Waals surface area (Å²) in [6.45, 7) is 6.40. The number of aromatic nitrogens is 1. The van der Waals surface area contributed by atoms with E-state index in [1.54, 1.807) is 6.20 Å². The van der Waals surface area contributed by atoms with Gasteiger partial charge in [0, 0.05) is 11.9 Å². The number of pyridine rings is 1. The summed E-state index contributed by atoms with van der Waals surface area (Å²) in [6, 6.07) is 5.86. The predicted molar refractivity (Wildman–Crippen MR) is 67.5 cm³/mol. The Morgan fingerprint density at radius 1 is 1.41 bits per heavy atom. The number of carbonyl (C=O) groups excluding carboxylic acids is 1. The molecule has 0 fully saturated rings. The van der Waals surface area contributed by atoms with Crippen molar-refractivity contribution in [3.8, 4) is 0 Å². The highest BCUT2D eigenvalue weighted by Gasteiger charge is 2.23. The van der Waals surface area contributed by atoms with Gasteiger partial charge >= 0.3 is 5.97 Å². The molecule has 0 aromatic carbocycles. The van der Waals surface area contributed by atoms with Gasteiger partial charge in [-0.25, -0.2) is 0 Å². The molecule has 0 bridgehead atoms. The SMILES string of the molecule is CCOC(=O)[C@@H](CCc1ccccn1)C(C)C. The van der Waals surface area contributed by atoms with Crippen LogP contribution in [0.25, 0.3) is 0 Å². The van der Waals surface area contributed by atoms with E-state index in [-0.39, 0.29) is 11.9 Å². The van der Waals surface area contributed by atoms with Gasteiger partial charge in [0.05, 0.1) is 12.5 Å². The van der Waals surface area contributed by atoms with Crippen molar-refractivity contribution in [1.82, 2.24) is 4.98 Å².